The Hall–Kier alpha value is -2.13. The van der Waals surface area contributed by atoms with Gasteiger partial charge in [0.15, 0.2) is 0 Å². The van der Waals surface area contributed by atoms with Crippen LogP contribution in [0.4, 0.5) is 13.2 Å². The predicted octanol–water partition coefficient (Wildman–Crippen LogP) is 2.86. The maximum absolute atomic E-state index is 12.9. The SMILES string of the molecule is O=C(ON1C=CCN1OCCC1(C(F)(F)F)CC1)c1cccnc1. The molecule has 0 radical (unpaired) electrons. The van der Waals surface area contributed by atoms with Crippen LogP contribution in [0, 0.1) is 5.41 Å². The van der Waals surface area contributed by atoms with E-state index < -0.39 is 17.6 Å². The minimum Gasteiger partial charge on any atom is -0.318 e. The summed E-state index contributed by atoms with van der Waals surface area (Å²) in [4.78, 5) is 26.2. The van der Waals surface area contributed by atoms with E-state index in [4.69, 9.17) is 9.68 Å². The maximum atomic E-state index is 12.9. The van der Waals surface area contributed by atoms with Crippen molar-refractivity contribution in [3.8, 4) is 0 Å². The zero-order chi connectivity index (χ0) is 17.2. The molecule has 2 heterocycles. The molecular formula is C15H16F3N3O3. The smallest absolute Gasteiger partial charge is 0.318 e. The fourth-order valence-corrected chi connectivity index (χ4v) is 2.36. The van der Waals surface area contributed by atoms with Gasteiger partial charge >= 0.3 is 12.1 Å². The highest BCUT2D eigenvalue weighted by molar-refractivity contribution is 5.88. The van der Waals surface area contributed by atoms with Crippen molar-refractivity contribution < 1.29 is 27.6 Å². The zero-order valence-corrected chi connectivity index (χ0v) is 12.7. The molecule has 0 unspecified atom stereocenters. The Morgan fingerprint density at radius 1 is 1.38 bits per heavy atom. The lowest BCUT2D eigenvalue weighted by molar-refractivity contribution is -0.350. The number of hydrazine groups is 1. The summed E-state index contributed by atoms with van der Waals surface area (Å²) in [7, 11) is 0. The molecule has 1 aromatic rings. The topological polar surface area (TPSA) is 54.9 Å². The maximum Gasteiger partial charge on any atom is 0.394 e. The number of hydroxylamine groups is 2. The highest BCUT2D eigenvalue weighted by Crippen LogP contribution is 2.59. The minimum atomic E-state index is -4.20. The van der Waals surface area contributed by atoms with E-state index >= 15 is 0 Å². The van der Waals surface area contributed by atoms with Crippen molar-refractivity contribution >= 4 is 5.97 Å². The third-order valence-corrected chi connectivity index (χ3v) is 4.06. The summed E-state index contributed by atoms with van der Waals surface area (Å²) in [6.45, 7) is 0.168. The molecule has 0 aromatic carbocycles. The molecule has 1 saturated carbocycles. The summed E-state index contributed by atoms with van der Waals surface area (Å²) >= 11 is 0. The molecule has 9 heteroatoms. The van der Waals surface area contributed by atoms with E-state index in [0.717, 1.165) is 5.17 Å². The second kappa shape index (κ2) is 6.40. The lowest BCUT2D eigenvalue weighted by atomic mass is 10.0. The molecule has 2 aliphatic rings. The standard InChI is InChI=1S/C15H16F3N3O3/c16-15(17,18)14(4-5-14)6-10-23-20-8-2-9-21(20)24-13(22)12-3-1-7-19-11-12/h1-3,7,9,11H,4-6,8,10H2. The van der Waals surface area contributed by atoms with Crippen LogP contribution in [0.3, 0.4) is 0 Å². The number of pyridine rings is 1. The highest BCUT2D eigenvalue weighted by Gasteiger charge is 2.62. The number of nitrogens with zero attached hydrogens (tertiary/aromatic N) is 3. The summed E-state index contributed by atoms with van der Waals surface area (Å²) in [5.74, 6) is -0.641. The quantitative estimate of drug-likeness (QED) is 0.792. The van der Waals surface area contributed by atoms with E-state index in [1.807, 2.05) is 0 Å². The molecule has 24 heavy (non-hydrogen) atoms. The number of halogens is 3. The molecule has 0 saturated heterocycles. The second-order valence-corrected chi connectivity index (χ2v) is 5.70. The molecule has 0 bridgehead atoms. The van der Waals surface area contributed by atoms with Crippen LogP contribution in [0.15, 0.2) is 36.8 Å². The van der Waals surface area contributed by atoms with E-state index in [0.29, 0.717) is 0 Å². The molecule has 0 spiro atoms. The van der Waals surface area contributed by atoms with Crippen LogP contribution in [0.1, 0.15) is 29.6 Å². The number of carbonyl (C=O) groups is 1. The van der Waals surface area contributed by atoms with Crippen LogP contribution in [0.2, 0.25) is 0 Å². The van der Waals surface area contributed by atoms with Crippen molar-refractivity contribution in [2.45, 2.75) is 25.4 Å². The minimum absolute atomic E-state index is 0.109. The van der Waals surface area contributed by atoms with Crippen molar-refractivity contribution in [3.63, 3.8) is 0 Å². The largest absolute Gasteiger partial charge is 0.394 e. The first-order valence-corrected chi connectivity index (χ1v) is 7.47. The molecule has 1 aliphatic heterocycles. The number of alkyl halides is 3. The van der Waals surface area contributed by atoms with Gasteiger partial charge in [-0.2, -0.15) is 13.2 Å². The van der Waals surface area contributed by atoms with Crippen molar-refractivity contribution in [1.29, 1.82) is 0 Å². The lowest BCUT2D eigenvalue weighted by Gasteiger charge is -2.27. The van der Waals surface area contributed by atoms with E-state index in [9.17, 15) is 18.0 Å². The van der Waals surface area contributed by atoms with Crippen LogP contribution < -0.4 is 0 Å². The summed E-state index contributed by atoms with van der Waals surface area (Å²) < 4.78 is 38.6. The van der Waals surface area contributed by atoms with E-state index in [1.54, 1.807) is 18.2 Å². The number of aromatic nitrogens is 1. The normalized spacial score (nSPS) is 19.5. The average molecular weight is 343 g/mol. The number of hydrogen-bond acceptors (Lipinski definition) is 6. The Balaban J connectivity index is 1.49. The third-order valence-electron chi connectivity index (χ3n) is 4.06. The first-order valence-electron chi connectivity index (χ1n) is 7.47. The van der Waals surface area contributed by atoms with E-state index in [-0.39, 0.29) is 38.0 Å². The van der Waals surface area contributed by atoms with Gasteiger partial charge in [-0.25, -0.2) is 4.79 Å². The fraction of sp³-hybridized carbons (Fsp3) is 0.467. The number of hydrogen-bond donors (Lipinski definition) is 0. The first-order chi connectivity index (χ1) is 11.4. The molecule has 3 rings (SSSR count). The molecule has 0 amide bonds. The molecule has 0 N–H and O–H groups in total. The van der Waals surface area contributed by atoms with Gasteiger partial charge in [-0.05, 0) is 37.5 Å². The van der Waals surface area contributed by atoms with Gasteiger partial charge in [0.1, 0.15) is 0 Å². The Bertz CT molecular complexity index is 617. The van der Waals surface area contributed by atoms with Crippen LogP contribution >= 0.6 is 0 Å². The van der Waals surface area contributed by atoms with Crippen LogP contribution in [0.25, 0.3) is 0 Å². The molecule has 1 fully saturated rings. The van der Waals surface area contributed by atoms with Crippen molar-refractivity contribution in [2.24, 2.45) is 5.41 Å². The Morgan fingerprint density at radius 3 is 2.79 bits per heavy atom. The van der Waals surface area contributed by atoms with Gasteiger partial charge in [0.2, 0.25) is 0 Å². The first kappa shape index (κ1) is 16.7. The molecule has 130 valence electrons. The average Bonchev–Trinajstić information content (AvgIpc) is 3.23. The highest BCUT2D eigenvalue weighted by atomic mass is 19.4. The van der Waals surface area contributed by atoms with Crippen LogP contribution in [0.5, 0.6) is 0 Å². The Morgan fingerprint density at radius 2 is 2.17 bits per heavy atom. The van der Waals surface area contributed by atoms with Crippen molar-refractivity contribution in [1.82, 2.24) is 15.3 Å². The molecule has 1 aromatic heterocycles. The van der Waals surface area contributed by atoms with Gasteiger partial charge in [-0.1, -0.05) is 5.17 Å². The van der Waals surface area contributed by atoms with Gasteiger partial charge in [0.05, 0.1) is 30.3 Å². The Labute approximate surface area is 136 Å². The number of rotatable bonds is 6. The molecular weight excluding hydrogens is 327 g/mol. The van der Waals surface area contributed by atoms with Crippen LogP contribution in [-0.2, 0) is 9.68 Å². The molecule has 1 aliphatic carbocycles. The lowest BCUT2D eigenvalue weighted by Crippen LogP contribution is -2.38. The van der Waals surface area contributed by atoms with E-state index in [1.165, 1.54) is 23.8 Å². The third kappa shape index (κ3) is 3.51. The van der Waals surface area contributed by atoms with Gasteiger partial charge in [-0.3, -0.25) is 9.82 Å². The Kier molecular flexibility index (Phi) is 4.46. The summed E-state index contributed by atoms with van der Waals surface area (Å²) in [6, 6.07) is 3.14. The van der Waals surface area contributed by atoms with Gasteiger partial charge < -0.3 is 4.84 Å². The van der Waals surface area contributed by atoms with Gasteiger partial charge in [0.25, 0.3) is 0 Å². The summed E-state index contributed by atoms with van der Waals surface area (Å²) in [6.07, 6.45) is 1.96. The monoisotopic (exact) mass is 343 g/mol. The van der Waals surface area contributed by atoms with Crippen molar-refractivity contribution in [3.05, 3.63) is 42.4 Å². The zero-order valence-electron chi connectivity index (χ0n) is 12.7. The van der Waals surface area contributed by atoms with E-state index in [2.05, 4.69) is 4.98 Å². The van der Waals surface area contributed by atoms with Gasteiger partial charge in [0, 0.05) is 12.4 Å². The van der Waals surface area contributed by atoms with Gasteiger partial charge in [-0.15, -0.1) is 5.17 Å². The summed E-state index contributed by atoms with van der Waals surface area (Å²) in [5, 5.41) is 2.25. The molecule has 6 nitrogen and oxygen atoms in total. The predicted molar refractivity (Wildman–Crippen MR) is 75.6 cm³/mol. The van der Waals surface area contributed by atoms with Crippen molar-refractivity contribution in [2.75, 3.05) is 13.2 Å². The number of carbonyl (C=O) groups excluding carboxylic acids is 1. The fourth-order valence-electron chi connectivity index (χ4n) is 2.36. The summed E-state index contributed by atoms with van der Waals surface area (Å²) in [5.41, 5.74) is -1.36. The van der Waals surface area contributed by atoms with Crippen LogP contribution in [-0.4, -0.2) is 40.6 Å². The molecule has 0 atom stereocenters. The second-order valence-electron chi connectivity index (χ2n) is 5.70.